The molecule has 0 unspecified atom stereocenters. The predicted molar refractivity (Wildman–Crippen MR) is 103 cm³/mol. The molecule has 0 fully saturated rings. The summed E-state index contributed by atoms with van der Waals surface area (Å²) in [5, 5.41) is 0.461. The highest BCUT2D eigenvalue weighted by atomic mass is 35.5. The lowest BCUT2D eigenvalue weighted by molar-refractivity contribution is -0.118. The van der Waals surface area contributed by atoms with E-state index in [1.807, 2.05) is 25.1 Å². The molecule has 1 amide bonds. The lowest BCUT2D eigenvalue weighted by Crippen LogP contribution is -2.43. The van der Waals surface area contributed by atoms with Gasteiger partial charge in [0.1, 0.15) is 0 Å². The Morgan fingerprint density at radius 3 is 2.58 bits per heavy atom. The number of aryl methyl sites for hydroxylation is 2. The van der Waals surface area contributed by atoms with Gasteiger partial charge < -0.3 is 4.90 Å². The van der Waals surface area contributed by atoms with Crippen LogP contribution >= 0.6 is 11.6 Å². The maximum Gasteiger partial charge on any atom is 0.243 e. The Labute approximate surface area is 159 Å². The minimum atomic E-state index is -3.75. The summed E-state index contributed by atoms with van der Waals surface area (Å²) in [7, 11) is -2.33. The number of hydrogen-bond acceptors (Lipinski definition) is 3. The van der Waals surface area contributed by atoms with E-state index in [-0.39, 0.29) is 17.3 Å². The van der Waals surface area contributed by atoms with E-state index in [0.29, 0.717) is 11.6 Å². The SMILES string of the molecule is Cc1cccc2c1N(C(=O)CN(C)S(=O)(=O)c1ccc(Cl)cc1)CCC2. The monoisotopic (exact) mass is 392 g/mol. The van der Waals surface area contributed by atoms with Crippen LogP contribution in [0, 0.1) is 6.92 Å². The van der Waals surface area contributed by atoms with Crippen LogP contribution in [0.1, 0.15) is 17.5 Å². The summed E-state index contributed by atoms with van der Waals surface area (Å²) < 4.78 is 26.5. The van der Waals surface area contributed by atoms with E-state index in [4.69, 9.17) is 11.6 Å². The molecule has 0 aliphatic carbocycles. The first-order chi connectivity index (χ1) is 12.3. The minimum Gasteiger partial charge on any atom is -0.311 e. The third-order valence-electron chi connectivity index (χ3n) is 4.60. The second kappa shape index (κ2) is 7.39. The molecule has 138 valence electrons. The number of hydrogen-bond donors (Lipinski definition) is 0. The topological polar surface area (TPSA) is 57.7 Å². The number of carbonyl (C=O) groups is 1. The van der Waals surface area contributed by atoms with Crippen molar-refractivity contribution in [2.24, 2.45) is 0 Å². The molecule has 1 aliphatic heterocycles. The highest BCUT2D eigenvalue weighted by Crippen LogP contribution is 2.30. The lowest BCUT2D eigenvalue weighted by Gasteiger charge is -2.32. The average molecular weight is 393 g/mol. The number of nitrogens with zero attached hydrogens (tertiary/aromatic N) is 2. The fraction of sp³-hybridized carbons (Fsp3) is 0.316. The summed E-state index contributed by atoms with van der Waals surface area (Å²) in [5.74, 6) is -0.222. The summed E-state index contributed by atoms with van der Waals surface area (Å²) in [4.78, 5) is 14.7. The van der Waals surface area contributed by atoms with Gasteiger partial charge in [-0.15, -0.1) is 0 Å². The number of rotatable bonds is 4. The highest BCUT2D eigenvalue weighted by molar-refractivity contribution is 7.89. The number of amides is 1. The van der Waals surface area contributed by atoms with Crippen molar-refractivity contribution in [1.82, 2.24) is 4.31 Å². The molecule has 0 saturated heterocycles. The van der Waals surface area contributed by atoms with E-state index in [9.17, 15) is 13.2 Å². The molecule has 0 aromatic heterocycles. The molecule has 2 aromatic rings. The second-order valence-corrected chi connectivity index (χ2v) is 8.93. The molecule has 26 heavy (non-hydrogen) atoms. The van der Waals surface area contributed by atoms with Crippen molar-refractivity contribution >= 4 is 33.2 Å². The first-order valence-electron chi connectivity index (χ1n) is 8.41. The standard InChI is InChI=1S/C19H21ClN2O3S/c1-14-5-3-6-15-7-4-12-22(19(14)15)18(23)13-21(2)26(24,25)17-10-8-16(20)9-11-17/h3,5-6,8-11H,4,7,12-13H2,1-2H3. The lowest BCUT2D eigenvalue weighted by atomic mass is 9.98. The number of halogens is 1. The number of para-hydroxylation sites is 1. The molecule has 0 atom stereocenters. The second-order valence-electron chi connectivity index (χ2n) is 6.45. The molecule has 0 spiro atoms. The van der Waals surface area contributed by atoms with E-state index in [0.717, 1.165) is 34.0 Å². The molecule has 0 bridgehead atoms. The third-order valence-corrected chi connectivity index (χ3v) is 6.67. The first kappa shape index (κ1) is 18.9. The Morgan fingerprint density at radius 2 is 1.88 bits per heavy atom. The van der Waals surface area contributed by atoms with E-state index in [1.54, 1.807) is 4.90 Å². The maximum absolute atomic E-state index is 12.9. The van der Waals surface area contributed by atoms with Gasteiger partial charge in [0.05, 0.1) is 11.4 Å². The van der Waals surface area contributed by atoms with Crippen LogP contribution in [0.3, 0.4) is 0 Å². The van der Waals surface area contributed by atoms with Crippen LogP contribution in [0.4, 0.5) is 5.69 Å². The van der Waals surface area contributed by atoms with Gasteiger partial charge in [0.2, 0.25) is 15.9 Å². The zero-order valence-electron chi connectivity index (χ0n) is 14.8. The normalized spacial score (nSPS) is 14.4. The number of anilines is 1. The molecule has 0 saturated carbocycles. The van der Waals surface area contributed by atoms with Crippen LogP contribution in [0.15, 0.2) is 47.4 Å². The van der Waals surface area contributed by atoms with Gasteiger partial charge >= 0.3 is 0 Å². The smallest absolute Gasteiger partial charge is 0.243 e. The molecular weight excluding hydrogens is 372 g/mol. The fourth-order valence-electron chi connectivity index (χ4n) is 3.24. The van der Waals surface area contributed by atoms with Crippen molar-refractivity contribution in [3.05, 3.63) is 58.6 Å². The third kappa shape index (κ3) is 3.63. The number of carbonyl (C=O) groups excluding carboxylic acids is 1. The maximum atomic E-state index is 12.9. The zero-order chi connectivity index (χ0) is 18.9. The van der Waals surface area contributed by atoms with Gasteiger partial charge in [-0.3, -0.25) is 4.79 Å². The molecule has 5 nitrogen and oxygen atoms in total. The van der Waals surface area contributed by atoms with Crippen LogP contribution in [0.2, 0.25) is 5.02 Å². The number of benzene rings is 2. The molecule has 1 aliphatic rings. The Kier molecular flexibility index (Phi) is 5.37. The van der Waals surface area contributed by atoms with Crippen molar-refractivity contribution < 1.29 is 13.2 Å². The van der Waals surface area contributed by atoms with E-state index in [2.05, 4.69) is 0 Å². The van der Waals surface area contributed by atoms with Crippen LogP contribution in [0.5, 0.6) is 0 Å². The van der Waals surface area contributed by atoms with Crippen molar-refractivity contribution in [2.75, 3.05) is 25.0 Å². The van der Waals surface area contributed by atoms with Crippen LogP contribution < -0.4 is 4.90 Å². The van der Waals surface area contributed by atoms with Gasteiger partial charge in [-0.05, 0) is 55.2 Å². The van der Waals surface area contributed by atoms with Crippen LogP contribution in [-0.4, -0.2) is 38.8 Å². The van der Waals surface area contributed by atoms with Crippen molar-refractivity contribution in [3.63, 3.8) is 0 Å². The summed E-state index contributed by atoms with van der Waals surface area (Å²) in [5.41, 5.74) is 3.08. The van der Waals surface area contributed by atoms with Gasteiger partial charge in [0, 0.05) is 24.3 Å². The molecule has 0 N–H and O–H groups in total. The quantitative estimate of drug-likeness (QED) is 0.802. The highest BCUT2D eigenvalue weighted by Gasteiger charge is 2.28. The van der Waals surface area contributed by atoms with Gasteiger partial charge in [-0.25, -0.2) is 8.42 Å². The first-order valence-corrected chi connectivity index (χ1v) is 10.2. The molecular formula is C19H21ClN2O3S. The summed E-state index contributed by atoms with van der Waals surface area (Å²) in [6.45, 7) is 2.36. The van der Waals surface area contributed by atoms with Gasteiger partial charge in [-0.1, -0.05) is 29.8 Å². The fourth-order valence-corrected chi connectivity index (χ4v) is 4.49. The molecule has 2 aromatic carbocycles. The molecule has 1 heterocycles. The number of sulfonamides is 1. The molecule has 3 rings (SSSR count). The Morgan fingerprint density at radius 1 is 1.19 bits per heavy atom. The average Bonchev–Trinajstić information content (AvgIpc) is 2.61. The summed E-state index contributed by atoms with van der Waals surface area (Å²) >= 11 is 5.82. The number of likely N-dealkylation sites (N-methyl/N-ethyl adjacent to an activating group) is 1. The molecule has 7 heteroatoms. The minimum absolute atomic E-state index is 0.118. The van der Waals surface area contributed by atoms with Crippen molar-refractivity contribution in [2.45, 2.75) is 24.7 Å². The zero-order valence-corrected chi connectivity index (χ0v) is 16.3. The van der Waals surface area contributed by atoms with Gasteiger partial charge in [0.15, 0.2) is 0 Å². The Hall–Kier alpha value is -1.89. The molecule has 0 radical (unpaired) electrons. The summed E-state index contributed by atoms with van der Waals surface area (Å²) in [6.07, 6.45) is 1.80. The van der Waals surface area contributed by atoms with Crippen LogP contribution in [-0.2, 0) is 21.2 Å². The largest absolute Gasteiger partial charge is 0.311 e. The van der Waals surface area contributed by atoms with Crippen molar-refractivity contribution in [3.8, 4) is 0 Å². The predicted octanol–water partition coefficient (Wildman–Crippen LogP) is 3.25. The van der Waals surface area contributed by atoms with E-state index < -0.39 is 10.0 Å². The van der Waals surface area contributed by atoms with Crippen LogP contribution in [0.25, 0.3) is 0 Å². The van der Waals surface area contributed by atoms with Gasteiger partial charge in [0.25, 0.3) is 0 Å². The van der Waals surface area contributed by atoms with E-state index >= 15 is 0 Å². The summed E-state index contributed by atoms with van der Waals surface area (Å²) in [6, 6.07) is 11.9. The number of fused-ring (bicyclic) bond motifs is 1. The van der Waals surface area contributed by atoms with E-state index in [1.165, 1.54) is 31.3 Å². The Balaban J connectivity index is 1.82. The Bertz CT molecular complexity index is 926. The van der Waals surface area contributed by atoms with Crippen molar-refractivity contribution in [1.29, 1.82) is 0 Å². The van der Waals surface area contributed by atoms with Gasteiger partial charge in [-0.2, -0.15) is 4.31 Å².